The Bertz CT molecular complexity index is 737. The summed E-state index contributed by atoms with van der Waals surface area (Å²) in [6, 6.07) is 8.96. The lowest BCUT2D eigenvalue weighted by molar-refractivity contribution is -0.116. The second-order valence-corrected chi connectivity index (χ2v) is 7.26. The monoisotopic (exact) mass is 373 g/mol. The molecule has 1 atom stereocenters. The molecule has 2 N–H and O–H groups in total. The van der Waals surface area contributed by atoms with Crippen molar-refractivity contribution in [1.29, 1.82) is 0 Å². The van der Waals surface area contributed by atoms with E-state index in [1.54, 1.807) is 18.3 Å². The molecule has 0 saturated heterocycles. The molecule has 1 aliphatic rings. The van der Waals surface area contributed by atoms with E-state index in [4.69, 9.17) is 4.74 Å². The first-order chi connectivity index (χ1) is 12.7. The Balaban J connectivity index is 1.66. The molecule has 26 heavy (non-hydrogen) atoms. The Kier molecular flexibility index (Phi) is 6.22. The number of alkyl carbamates (subject to hydrolysis) is 1. The van der Waals surface area contributed by atoms with Crippen molar-refractivity contribution >= 4 is 28.5 Å². The summed E-state index contributed by atoms with van der Waals surface area (Å²) in [5.41, 5.74) is 1.97. The highest BCUT2D eigenvalue weighted by molar-refractivity contribution is 7.15. The van der Waals surface area contributed by atoms with Gasteiger partial charge in [0.1, 0.15) is 0 Å². The summed E-state index contributed by atoms with van der Waals surface area (Å²) in [5, 5.41) is 6.29. The molecule has 0 aliphatic heterocycles. The van der Waals surface area contributed by atoms with E-state index < -0.39 is 12.1 Å². The molecule has 3 rings (SSSR count). The van der Waals surface area contributed by atoms with E-state index in [1.165, 1.54) is 11.3 Å². The topological polar surface area (TPSA) is 80.3 Å². The fourth-order valence-corrected chi connectivity index (χ4v) is 4.08. The Hall–Kier alpha value is -2.41. The number of anilines is 1. The van der Waals surface area contributed by atoms with Gasteiger partial charge in [0.2, 0.25) is 5.91 Å². The molecular weight excluding hydrogens is 350 g/mol. The number of rotatable bonds is 6. The molecule has 1 aromatic carbocycles. The van der Waals surface area contributed by atoms with Gasteiger partial charge in [-0.05, 0) is 38.2 Å². The van der Waals surface area contributed by atoms with E-state index in [-0.39, 0.29) is 18.9 Å². The van der Waals surface area contributed by atoms with Crippen LogP contribution in [0, 0.1) is 0 Å². The summed E-state index contributed by atoms with van der Waals surface area (Å²) >= 11 is 1.55. The standard InChI is InChI=1S/C19H23N3O3S/c1-2-25-19(24)21-15(13-8-4-3-5-9-13)12-17(23)22-18-20-14-10-6-7-11-16(14)26-18/h3-5,8-9,15H,2,6-7,10-12H2,1H3,(H,21,24)(H,20,22,23)/t15-/m1/s1. The van der Waals surface area contributed by atoms with Crippen LogP contribution in [-0.2, 0) is 22.4 Å². The highest BCUT2D eigenvalue weighted by Crippen LogP contribution is 2.30. The normalized spacial score (nSPS) is 14.2. The van der Waals surface area contributed by atoms with Gasteiger partial charge in [0.25, 0.3) is 0 Å². The van der Waals surface area contributed by atoms with Crippen molar-refractivity contribution in [1.82, 2.24) is 10.3 Å². The zero-order valence-corrected chi connectivity index (χ0v) is 15.6. The van der Waals surface area contributed by atoms with Gasteiger partial charge < -0.3 is 15.4 Å². The maximum Gasteiger partial charge on any atom is 0.407 e. The third-order valence-corrected chi connectivity index (χ3v) is 5.32. The fourth-order valence-electron chi connectivity index (χ4n) is 3.01. The van der Waals surface area contributed by atoms with Crippen LogP contribution in [0.25, 0.3) is 0 Å². The highest BCUT2D eigenvalue weighted by atomic mass is 32.1. The van der Waals surface area contributed by atoms with E-state index in [0.717, 1.165) is 30.5 Å². The summed E-state index contributed by atoms with van der Waals surface area (Å²) in [5.74, 6) is -0.179. The second kappa shape index (κ2) is 8.80. The number of ether oxygens (including phenoxy) is 1. The van der Waals surface area contributed by atoms with Crippen LogP contribution >= 0.6 is 11.3 Å². The molecule has 0 unspecified atom stereocenters. The van der Waals surface area contributed by atoms with Crippen LogP contribution in [-0.4, -0.2) is 23.6 Å². The van der Waals surface area contributed by atoms with Crippen molar-refractivity contribution < 1.29 is 14.3 Å². The van der Waals surface area contributed by atoms with Gasteiger partial charge in [0, 0.05) is 4.88 Å². The summed E-state index contributed by atoms with van der Waals surface area (Å²) in [4.78, 5) is 30.1. The predicted molar refractivity (Wildman–Crippen MR) is 101 cm³/mol. The minimum Gasteiger partial charge on any atom is -0.450 e. The molecule has 0 spiro atoms. The number of aromatic nitrogens is 1. The number of nitrogens with zero attached hydrogens (tertiary/aromatic N) is 1. The first-order valence-corrected chi connectivity index (χ1v) is 9.74. The number of carbonyl (C=O) groups excluding carboxylic acids is 2. The van der Waals surface area contributed by atoms with Crippen LogP contribution < -0.4 is 10.6 Å². The van der Waals surface area contributed by atoms with Crippen molar-refractivity contribution in [2.45, 2.75) is 45.1 Å². The largest absolute Gasteiger partial charge is 0.450 e. The quantitative estimate of drug-likeness (QED) is 0.806. The number of benzene rings is 1. The zero-order chi connectivity index (χ0) is 18.4. The molecule has 0 bridgehead atoms. The number of fused-ring (bicyclic) bond motifs is 1. The molecule has 1 aliphatic carbocycles. The molecule has 2 amide bonds. The maximum atomic E-state index is 12.5. The van der Waals surface area contributed by atoms with Gasteiger partial charge in [-0.1, -0.05) is 30.3 Å². The number of hydrogen-bond acceptors (Lipinski definition) is 5. The van der Waals surface area contributed by atoms with Crippen LogP contribution in [0.15, 0.2) is 30.3 Å². The Morgan fingerprint density at radius 1 is 1.23 bits per heavy atom. The summed E-state index contributed by atoms with van der Waals surface area (Å²) in [6.07, 6.45) is 3.95. The van der Waals surface area contributed by atoms with Crippen molar-refractivity contribution in [3.63, 3.8) is 0 Å². The lowest BCUT2D eigenvalue weighted by Crippen LogP contribution is -2.32. The molecule has 138 valence electrons. The molecule has 2 aromatic rings. The predicted octanol–water partition coefficient (Wildman–Crippen LogP) is 3.84. The third kappa shape index (κ3) is 4.82. The van der Waals surface area contributed by atoms with E-state index in [2.05, 4.69) is 15.6 Å². The van der Waals surface area contributed by atoms with E-state index in [9.17, 15) is 9.59 Å². The lowest BCUT2D eigenvalue weighted by atomic mass is 10.0. The highest BCUT2D eigenvalue weighted by Gasteiger charge is 2.21. The van der Waals surface area contributed by atoms with Gasteiger partial charge in [-0.15, -0.1) is 11.3 Å². The van der Waals surface area contributed by atoms with Gasteiger partial charge in [-0.3, -0.25) is 4.79 Å². The number of amides is 2. The first-order valence-electron chi connectivity index (χ1n) is 8.92. The number of carbonyl (C=O) groups is 2. The summed E-state index contributed by atoms with van der Waals surface area (Å²) in [6.45, 7) is 2.03. The van der Waals surface area contributed by atoms with E-state index in [0.29, 0.717) is 5.13 Å². The SMILES string of the molecule is CCOC(=O)N[C@H](CC(=O)Nc1nc2c(s1)CCCC2)c1ccccc1. The number of aryl methyl sites for hydroxylation is 2. The Morgan fingerprint density at radius 3 is 2.73 bits per heavy atom. The molecule has 1 heterocycles. The molecule has 1 aromatic heterocycles. The van der Waals surface area contributed by atoms with Crippen LogP contribution in [0.5, 0.6) is 0 Å². The van der Waals surface area contributed by atoms with Gasteiger partial charge >= 0.3 is 6.09 Å². The molecule has 7 heteroatoms. The summed E-state index contributed by atoms with van der Waals surface area (Å²) < 4.78 is 4.96. The van der Waals surface area contributed by atoms with Crippen molar-refractivity contribution in [3.8, 4) is 0 Å². The average molecular weight is 373 g/mol. The van der Waals surface area contributed by atoms with E-state index in [1.807, 2.05) is 30.3 Å². The smallest absolute Gasteiger partial charge is 0.407 e. The van der Waals surface area contributed by atoms with E-state index >= 15 is 0 Å². The lowest BCUT2D eigenvalue weighted by Gasteiger charge is -2.18. The van der Waals surface area contributed by atoms with Crippen LogP contribution in [0.2, 0.25) is 0 Å². The average Bonchev–Trinajstić information content (AvgIpc) is 3.04. The van der Waals surface area contributed by atoms with Crippen molar-refractivity contribution in [2.75, 3.05) is 11.9 Å². The van der Waals surface area contributed by atoms with Gasteiger partial charge in [0.15, 0.2) is 5.13 Å². The van der Waals surface area contributed by atoms with Crippen molar-refractivity contribution in [3.05, 3.63) is 46.5 Å². The molecular formula is C19H23N3O3S. The van der Waals surface area contributed by atoms with Gasteiger partial charge in [-0.2, -0.15) is 0 Å². The second-order valence-electron chi connectivity index (χ2n) is 6.18. The fraction of sp³-hybridized carbons (Fsp3) is 0.421. The first kappa shape index (κ1) is 18.4. The molecule has 6 nitrogen and oxygen atoms in total. The van der Waals surface area contributed by atoms with Crippen LogP contribution in [0.4, 0.5) is 9.93 Å². The van der Waals surface area contributed by atoms with Gasteiger partial charge in [-0.25, -0.2) is 9.78 Å². The number of thiazole rings is 1. The molecule has 0 fully saturated rings. The maximum absolute atomic E-state index is 12.5. The number of hydrogen-bond donors (Lipinski definition) is 2. The van der Waals surface area contributed by atoms with Crippen LogP contribution in [0.1, 0.15) is 48.4 Å². The minimum atomic E-state index is -0.529. The molecule has 0 saturated carbocycles. The Morgan fingerprint density at radius 2 is 2.00 bits per heavy atom. The molecule has 0 radical (unpaired) electrons. The zero-order valence-electron chi connectivity index (χ0n) is 14.8. The third-order valence-electron chi connectivity index (χ3n) is 4.25. The summed E-state index contributed by atoms with van der Waals surface area (Å²) in [7, 11) is 0. The van der Waals surface area contributed by atoms with Gasteiger partial charge in [0.05, 0.1) is 24.8 Å². The Labute approximate surface area is 157 Å². The minimum absolute atomic E-state index is 0.118. The van der Waals surface area contributed by atoms with Crippen molar-refractivity contribution in [2.24, 2.45) is 0 Å². The van der Waals surface area contributed by atoms with Crippen LogP contribution in [0.3, 0.4) is 0 Å². The number of nitrogens with one attached hydrogen (secondary N) is 2.